The molecular weight excluding hydrogens is 278 g/mol. The number of hydrogen-bond donors (Lipinski definition) is 2. The molecule has 0 saturated heterocycles. The predicted octanol–water partition coefficient (Wildman–Crippen LogP) is 2.80. The van der Waals surface area contributed by atoms with Crippen molar-refractivity contribution in [2.75, 3.05) is 11.9 Å². The van der Waals surface area contributed by atoms with Crippen molar-refractivity contribution in [1.29, 1.82) is 0 Å². The Labute approximate surface area is 120 Å². The molecule has 0 aliphatic rings. The topological polar surface area (TPSA) is 54.0 Å². The van der Waals surface area contributed by atoms with Gasteiger partial charge in [0, 0.05) is 36.7 Å². The van der Waals surface area contributed by atoms with E-state index >= 15 is 0 Å². The monoisotopic (exact) mass is 295 g/mol. The molecule has 0 aliphatic heterocycles. The van der Waals surface area contributed by atoms with Gasteiger partial charge in [0.1, 0.15) is 0 Å². The standard InChI is InChI=1S/C13H17N3OS2/c1-9(17)15-12-4-6-18-13(12)7-14-5-3-11-8-19-10(2)16-11/h4,6,8,14H,3,5,7H2,1-2H3,(H,15,17). The molecule has 102 valence electrons. The van der Waals surface area contributed by atoms with Crippen LogP contribution >= 0.6 is 22.7 Å². The zero-order valence-electron chi connectivity index (χ0n) is 11.0. The van der Waals surface area contributed by atoms with Crippen LogP contribution in [0.4, 0.5) is 5.69 Å². The van der Waals surface area contributed by atoms with Gasteiger partial charge in [-0.15, -0.1) is 22.7 Å². The molecule has 0 spiro atoms. The molecule has 0 fully saturated rings. The summed E-state index contributed by atoms with van der Waals surface area (Å²) in [6.45, 7) is 5.21. The number of carbonyl (C=O) groups is 1. The highest BCUT2D eigenvalue weighted by atomic mass is 32.1. The first-order valence-corrected chi connectivity index (χ1v) is 7.87. The van der Waals surface area contributed by atoms with E-state index in [9.17, 15) is 4.79 Å². The second kappa shape index (κ2) is 6.79. The minimum absolute atomic E-state index is 0.0300. The quantitative estimate of drug-likeness (QED) is 0.806. The molecule has 0 radical (unpaired) electrons. The number of rotatable bonds is 6. The summed E-state index contributed by atoms with van der Waals surface area (Å²) in [5, 5.41) is 11.4. The van der Waals surface area contributed by atoms with Gasteiger partial charge in [-0.2, -0.15) is 0 Å². The summed E-state index contributed by atoms with van der Waals surface area (Å²) in [7, 11) is 0. The summed E-state index contributed by atoms with van der Waals surface area (Å²) in [6, 6.07) is 1.94. The molecular formula is C13H17N3OS2. The number of aromatic nitrogens is 1. The lowest BCUT2D eigenvalue weighted by atomic mass is 10.3. The first-order valence-electron chi connectivity index (χ1n) is 6.11. The van der Waals surface area contributed by atoms with Crippen molar-refractivity contribution in [3.8, 4) is 0 Å². The van der Waals surface area contributed by atoms with E-state index in [2.05, 4.69) is 21.0 Å². The Bertz CT molecular complexity index is 548. The van der Waals surface area contributed by atoms with Crippen LogP contribution in [-0.2, 0) is 17.8 Å². The Kier molecular flexibility index (Phi) is 5.07. The van der Waals surface area contributed by atoms with E-state index in [1.165, 1.54) is 6.92 Å². The number of thiophene rings is 1. The molecule has 0 unspecified atom stereocenters. The Morgan fingerprint density at radius 3 is 2.95 bits per heavy atom. The van der Waals surface area contributed by atoms with Gasteiger partial charge in [-0.1, -0.05) is 0 Å². The van der Waals surface area contributed by atoms with Gasteiger partial charge in [0.05, 0.1) is 16.4 Å². The highest BCUT2D eigenvalue weighted by Crippen LogP contribution is 2.21. The number of nitrogens with zero attached hydrogens (tertiary/aromatic N) is 1. The summed E-state index contributed by atoms with van der Waals surface area (Å²) in [6.07, 6.45) is 0.936. The van der Waals surface area contributed by atoms with E-state index in [-0.39, 0.29) is 5.91 Å². The molecule has 2 rings (SSSR count). The van der Waals surface area contributed by atoms with E-state index in [1.807, 2.05) is 18.4 Å². The van der Waals surface area contributed by atoms with Crippen LogP contribution in [0, 0.1) is 6.92 Å². The number of carbonyl (C=O) groups excluding carboxylic acids is 1. The van der Waals surface area contributed by atoms with E-state index in [0.29, 0.717) is 0 Å². The van der Waals surface area contributed by atoms with Crippen molar-refractivity contribution >= 4 is 34.3 Å². The molecule has 0 aliphatic carbocycles. The summed E-state index contributed by atoms with van der Waals surface area (Å²) >= 11 is 3.34. The number of nitrogens with one attached hydrogen (secondary N) is 2. The number of aryl methyl sites for hydroxylation is 1. The molecule has 2 aromatic rings. The lowest BCUT2D eigenvalue weighted by Gasteiger charge is -2.05. The molecule has 2 aromatic heterocycles. The predicted molar refractivity (Wildman–Crippen MR) is 80.9 cm³/mol. The lowest BCUT2D eigenvalue weighted by Crippen LogP contribution is -2.17. The average molecular weight is 295 g/mol. The zero-order chi connectivity index (χ0) is 13.7. The SMILES string of the molecule is CC(=O)Nc1ccsc1CNCCc1csc(C)n1. The Morgan fingerprint density at radius 2 is 2.26 bits per heavy atom. The van der Waals surface area contributed by atoms with Gasteiger partial charge in [0.15, 0.2) is 0 Å². The van der Waals surface area contributed by atoms with Crippen LogP contribution in [0.1, 0.15) is 22.5 Å². The Hall–Kier alpha value is -1.24. The van der Waals surface area contributed by atoms with Crippen LogP contribution in [0.25, 0.3) is 0 Å². The maximum atomic E-state index is 11.0. The number of amides is 1. The molecule has 4 nitrogen and oxygen atoms in total. The number of thiazole rings is 1. The van der Waals surface area contributed by atoms with Crippen molar-refractivity contribution in [2.45, 2.75) is 26.8 Å². The van der Waals surface area contributed by atoms with Crippen LogP contribution in [0.15, 0.2) is 16.8 Å². The third-order valence-electron chi connectivity index (χ3n) is 2.57. The highest BCUT2D eigenvalue weighted by Gasteiger charge is 2.05. The summed E-state index contributed by atoms with van der Waals surface area (Å²) in [5.41, 5.74) is 2.05. The lowest BCUT2D eigenvalue weighted by molar-refractivity contribution is -0.114. The third kappa shape index (κ3) is 4.41. The normalized spacial score (nSPS) is 10.6. The summed E-state index contributed by atoms with van der Waals surface area (Å²) < 4.78 is 0. The van der Waals surface area contributed by atoms with Crippen LogP contribution in [0.3, 0.4) is 0 Å². The maximum Gasteiger partial charge on any atom is 0.221 e. The Morgan fingerprint density at radius 1 is 1.42 bits per heavy atom. The molecule has 2 heterocycles. The van der Waals surface area contributed by atoms with Gasteiger partial charge in [0.2, 0.25) is 5.91 Å². The molecule has 0 atom stereocenters. The maximum absolute atomic E-state index is 11.0. The van der Waals surface area contributed by atoms with E-state index in [4.69, 9.17) is 0 Å². The van der Waals surface area contributed by atoms with Crippen LogP contribution < -0.4 is 10.6 Å². The van der Waals surface area contributed by atoms with Gasteiger partial charge in [-0.25, -0.2) is 4.98 Å². The number of anilines is 1. The van der Waals surface area contributed by atoms with E-state index in [1.54, 1.807) is 22.7 Å². The average Bonchev–Trinajstić information content (AvgIpc) is 2.94. The first kappa shape index (κ1) is 14.2. The van der Waals surface area contributed by atoms with Crippen molar-refractivity contribution in [2.24, 2.45) is 0 Å². The van der Waals surface area contributed by atoms with Crippen molar-refractivity contribution < 1.29 is 4.79 Å². The van der Waals surface area contributed by atoms with Crippen molar-refractivity contribution in [3.63, 3.8) is 0 Å². The molecule has 6 heteroatoms. The van der Waals surface area contributed by atoms with E-state index in [0.717, 1.165) is 40.8 Å². The van der Waals surface area contributed by atoms with Crippen molar-refractivity contribution in [1.82, 2.24) is 10.3 Å². The highest BCUT2D eigenvalue weighted by molar-refractivity contribution is 7.10. The van der Waals surface area contributed by atoms with Crippen LogP contribution in [0.5, 0.6) is 0 Å². The molecule has 2 N–H and O–H groups in total. The molecule has 0 bridgehead atoms. The van der Waals surface area contributed by atoms with Gasteiger partial charge >= 0.3 is 0 Å². The molecule has 19 heavy (non-hydrogen) atoms. The van der Waals surface area contributed by atoms with Gasteiger partial charge in [-0.3, -0.25) is 4.79 Å². The smallest absolute Gasteiger partial charge is 0.221 e. The minimum atomic E-state index is -0.0300. The summed E-state index contributed by atoms with van der Waals surface area (Å²) in [5.74, 6) is -0.0300. The van der Waals surface area contributed by atoms with Crippen LogP contribution in [0.2, 0.25) is 0 Å². The summed E-state index contributed by atoms with van der Waals surface area (Å²) in [4.78, 5) is 16.6. The molecule has 1 amide bonds. The minimum Gasteiger partial charge on any atom is -0.325 e. The fourth-order valence-corrected chi connectivity index (χ4v) is 3.17. The van der Waals surface area contributed by atoms with Gasteiger partial charge in [-0.05, 0) is 18.4 Å². The van der Waals surface area contributed by atoms with Gasteiger partial charge < -0.3 is 10.6 Å². The van der Waals surface area contributed by atoms with E-state index < -0.39 is 0 Å². The molecule has 0 aromatic carbocycles. The molecule has 0 saturated carbocycles. The number of hydrogen-bond acceptors (Lipinski definition) is 5. The second-order valence-electron chi connectivity index (χ2n) is 4.22. The zero-order valence-corrected chi connectivity index (χ0v) is 12.7. The Balaban J connectivity index is 1.76. The van der Waals surface area contributed by atoms with Gasteiger partial charge in [0.25, 0.3) is 0 Å². The largest absolute Gasteiger partial charge is 0.325 e. The van der Waals surface area contributed by atoms with Crippen LogP contribution in [-0.4, -0.2) is 17.4 Å². The second-order valence-corrected chi connectivity index (χ2v) is 6.29. The van der Waals surface area contributed by atoms with Crippen molar-refractivity contribution in [3.05, 3.63) is 32.4 Å². The fraction of sp³-hybridized carbons (Fsp3) is 0.385. The first-order chi connectivity index (χ1) is 9.15. The third-order valence-corrected chi connectivity index (χ3v) is 4.31. The fourth-order valence-electron chi connectivity index (χ4n) is 1.72.